The molecule has 1 aromatic rings. The van der Waals surface area contributed by atoms with Gasteiger partial charge in [-0.1, -0.05) is 0 Å². The number of anilines is 1. The summed E-state index contributed by atoms with van der Waals surface area (Å²) in [6, 6.07) is 5.98. The van der Waals surface area contributed by atoms with Crippen molar-refractivity contribution in [2.75, 3.05) is 44.2 Å². The summed E-state index contributed by atoms with van der Waals surface area (Å²) in [5.41, 5.74) is 6.30. The first-order chi connectivity index (χ1) is 11.5. The second-order valence-electron chi connectivity index (χ2n) is 6.41. The van der Waals surface area contributed by atoms with Crippen LogP contribution in [0.3, 0.4) is 0 Å². The van der Waals surface area contributed by atoms with E-state index in [2.05, 4.69) is 4.90 Å². The van der Waals surface area contributed by atoms with Crippen LogP contribution in [0.25, 0.3) is 0 Å². The van der Waals surface area contributed by atoms with E-state index in [1.807, 2.05) is 4.90 Å². The highest BCUT2D eigenvalue weighted by atomic mass is 19.1. The third-order valence-electron chi connectivity index (χ3n) is 4.87. The first-order valence-corrected chi connectivity index (χ1v) is 8.38. The van der Waals surface area contributed by atoms with Crippen LogP contribution in [0.2, 0.25) is 0 Å². The number of halogens is 1. The highest BCUT2D eigenvalue weighted by Crippen LogP contribution is 2.21. The molecule has 0 saturated carbocycles. The monoisotopic (exact) mass is 334 g/mol. The molecule has 2 heterocycles. The zero-order chi connectivity index (χ0) is 17.1. The van der Waals surface area contributed by atoms with Crippen LogP contribution in [0, 0.1) is 11.7 Å². The van der Waals surface area contributed by atoms with Crippen molar-refractivity contribution >= 4 is 17.6 Å². The van der Waals surface area contributed by atoms with E-state index in [1.54, 1.807) is 17.0 Å². The predicted molar refractivity (Wildman–Crippen MR) is 89.1 cm³/mol. The van der Waals surface area contributed by atoms with Crippen molar-refractivity contribution in [2.45, 2.75) is 12.8 Å². The second kappa shape index (κ2) is 7.07. The molecule has 0 radical (unpaired) electrons. The minimum absolute atomic E-state index is 0.111. The molecule has 0 bridgehead atoms. The number of hydrogen-bond acceptors (Lipinski definition) is 3. The molecule has 6 nitrogen and oxygen atoms in total. The molecular weight excluding hydrogens is 311 g/mol. The van der Waals surface area contributed by atoms with Gasteiger partial charge >= 0.3 is 6.03 Å². The van der Waals surface area contributed by atoms with Crippen molar-refractivity contribution in [1.29, 1.82) is 0 Å². The number of urea groups is 1. The molecule has 2 aliphatic heterocycles. The van der Waals surface area contributed by atoms with Gasteiger partial charge in [0.15, 0.2) is 0 Å². The van der Waals surface area contributed by atoms with Gasteiger partial charge in [0, 0.05) is 45.0 Å². The van der Waals surface area contributed by atoms with Crippen LogP contribution in [0.1, 0.15) is 12.8 Å². The van der Waals surface area contributed by atoms with E-state index in [4.69, 9.17) is 5.73 Å². The average Bonchev–Trinajstić information content (AvgIpc) is 2.62. The Morgan fingerprint density at radius 1 is 1.00 bits per heavy atom. The normalized spacial score (nSPS) is 21.7. The molecule has 3 amide bonds. The maximum absolute atomic E-state index is 13.0. The van der Waals surface area contributed by atoms with Crippen LogP contribution >= 0.6 is 0 Å². The van der Waals surface area contributed by atoms with Crippen LogP contribution in [-0.2, 0) is 4.79 Å². The zero-order valence-corrected chi connectivity index (χ0v) is 13.7. The van der Waals surface area contributed by atoms with Crippen molar-refractivity contribution < 1.29 is 14.0 Å². The van der Waals surface area contributed by atoms with Gasteiger partial charge in [0.05, 0.1) is 5.92 Å². The standard InChI is InChI=1S/C17H23FN4O2/c18-14-3-5-15(6-4-14)20-8-10-21(11-9-20)16(23)13-2-1-7-22(12-13)17(19)24/h3-6,13H,1-2,7-12H2,(H2,19,24)/t13-/m0/s1. The number of likely N-dealkylation sites (tertiary alicyclic amines) is 1. The number of nitrogens with two attached hydrogens (primary N) is 1. The number of rotatable bonds is 2. The van der Waals surface area contributed by atoms with Crippen LogP contribution in [0.4, 0.5) is 14.9 Å². The fourth-order valence-electron chi connectivity index (χ4n) is 3.47. The summed E-state index contributed by atoms with van der Waals surface area (Å²) in [5, 5.41) is 0. The van der Waals surface area contributed by atoms with E-state index < -0.39 is 6.03 Å². The minimum Gasteiger partial charge on any atom is -0.368 e. The summed E-state index contributed by atoms with van der Waals surface area (Å²) in [6.07, 6.45) is 1.62. The summed E-state index contributed by atoms with van der Waals surface area (Å²) in [4.78, 5) is 29.6. The Morgan fingerprint density at radius 2 is 1.67 bits per heavy atom. The molecule has 2 saturated heterocycles. The van der Waals surface area contributed by atoms with E-state index in [-0.39, 0.29) is 17.6 Å². The molecule has 2 N–H and O–H groups in total. The van der Waals surface area contributed by atoms with Gasteiger partial charge in [0.25, 0.3) is 0 Å². The Morgan fingerprint density at radius 3 is 2.29 bits per heavy atom. The molecule has 1 atom stereocenters. The lowest BCUT2D eigenvalue weighted by Gasteiger charge is -2.39. The quantitative estimate of drug-likeness (QED) is 0.885. The minimum atomic E-state index is -0.450. The summed E-state index contributed by atoms with van der Waals surface area (Å²) in [5.74, 6) is -0.285. The van der Waals surface area contributed by atoms with E-state index in [9.17, 15) is 14.0 Å². The molecule has 24 heavy (non-hydrogen) atoms. The number of hydrogen-bond donors (Lipinski definition) is 1. The summed E-state index contributed by atoms with van der Waals surface area (Å²) in [6.45, 7) is 3.80. The van der Waals surface area contributed by atoms with Crippen molar-refractivity contribution in [3.8, 4) is 0 Å². The van der Waals surface area contributed by atoms with E-state index in [1.165, 1.54) is 12.1 Å². The lowest BCUT2D eigenvalue weighted by atomic mass is 9.96. The van der Waals surface area contributed by atoms with Gasteiger partial charge in [-0.15, -0.1) is 0 Å². The van der Waals surface area contributed by atoms with Crippen molar-refractivity contribution in [3.63, 3.8) is 0 Å². The largest absolute Gasteiger partial charge is 0.368 e. The first-order valence-electron chi connectivity index (χ1n) is 8.38. The zero-order valence-electron chi connectivity index (χ0n) is 13.7. The summed E-state index contributed by atoms with van der Waals surface area (Å²) in [7, 11) is 0. The maximum Gasteiger partial charge on any atom is 0.314 e. The summed E-state index contributed by atoms with van der Waals surface area (Å²) < 4.78 is 13.0. The Labute approximate surface area is 141 Å². The second-order valence-corrected chi connectivity index (χ2v) is 6.41. The predicted octanol–water partition coefficient (Wildman–Crippen LogP) is 1.26. The smallest absolute Gasteiger partial charge is 0.314 e. The fraction of sp³-hybridized carbons (Fsp3) is 0.529. The van der Waals surface area contributed by atoms with Crippen LogP contribution in [-0.4, -0.2) is 61.0 Å². The van der Waals surface area contributed by atoms with Crippen molar-refractivity contribution in [2.24, 2.45) is 11.7 Å². The molecule has 1 aromatic carbocycles. The Hall–Kier alpha value is -2.31. The number of amides is 3. The lowest BCUT2D eigenvalue weighted by Crippen LogP contribution is -2.53. The van der Waals surface area contributed by atoms with Gasteiger partial charge in [-0.05, 0) is 37.1 Å². The molecular formula is C17H23FN4O2. The molecule has 2 fully saturated rings. The maximum atomic E-state index is 13.0. The molecule has 0 aliphatic carbocycles. The Balaban J connectivity index is 1.55. The third-order valence-corrected chi connectivity index (χ3v) is 4.87. The van der Waals surface area contributed by atoms with Gasteiger partial charge in [-0.3, -0.25) is 4.79 Å². The van der Waals surface area contributed by atoms with Gasteiger partial charge in [-0.2, -0.15) is 0 Å². The molecule has 0 spiro atoms. The molecule has 3 rings (SSSR count). The average molecular weight is 334 g/mol. The topological polar surface area (TPSA) is 69.9 Å². The molecule has 7 heteroatoms. The van der Waals surface area contributed by atoms with E-state index in [0.29, 0.717) is 26.2 Å². The van der Waals surface area contributed by atoms with Crippen LogP contribution in [0.15, 0.2) is 24.3 Å². The lowest BCUT2D eigenvalue weighted by molar-refractivity contribution is -0.137. The highest BCUT2D eigenvalue weighted by Gasteiger charge is 2.32. The number of carbonyl (C=O) groups is 2. The van der Waals surface area contributed by atoms with E-state index in [0.717, 1.165) is 31.6 Å². The number of piperidine rings is 1. The van der Waals surface area contributed by atoms with Crippen molar-refractivity contribution in [3.05, 3.63) is 30.1 Å². The fourth-order valence-corrected chi connectivity index (χ4v) is 3.47. The van der Waals surface area contributed by atoms with Crippen molar-refractivity contribution in [1.82, 2.24) is 9.80 Å². The number of carbonyl (C=O) groups excluding carboxylic acids is 2. The Bertz CT molecular complexity index is 599. The summed E-state index contributed by atoms with van der Waals surface area (Å²) >= 11 is 0. The number of benzene rings is 1. The van der Waals surface area contributed by atoms with Gasteiger partial charge in [0.1, 0.15) is 5.82 Å². The van der Waals surface area contributed by atoms with Crippen LogP contribution < -0.4 is 10.6 Å². The number of nitrogens with zero attached hydrogens (tertiary/aromatic N) is 3. The molecule has 0 unspecified atom stereocenters. The number of piperazine rings is 1. The molecule has 130 valence electrons. The molecule has 0 aromatic heterocycles. The highest BCUT2D eigenvalue weighted by molar-refractivity contribution is 5.81. The third kappa shape index (κ3) is 3.60. The molecule has 2 aliphatic rings. The van der Waals surface area contributed by atoms with Crippen LogP contribution in [0.5, 0.6) is 0 Å². The van der Waals surface area contributed by atoms with Gasteiger partial charge in [0.2, 0.25) is 5.91 Å². The van der Waals surface area contributed by atoms with E-state index >= 15 is 0 Å². The SMILES string of the molecule is NC(=O)N1CCC[C@H](C(=O)N2CCN(c3ccc(F)cc3)CC2)C1. The first kappa shape index (κ1) is 16.5. The Kier molecular flexibility index (Phi) is 4.87. The van der Waals surface area contributed by atoms with Gasteiger partial charge < -0.3 is 20.4 Å². The number of primary amides is 1. The van der Waals surface area contributed by atoms with Gasteiger partial charge in [-0.25, -0.2) is 9.18 Å².